The molecule has 0 aromatic carbocycles. The molecule has 0 saturated heterocycles. The molecule has 2 nitrogen and oxygen atoms in total. The maximum Gasteiger partial charge on any atom is 0.0512 e. The number of unbranched alkanes of at least 4 members (excludes halogenated alkanes) is 13. The van der Waals surface area contributed by atoms with Crippen LogP contribution >= 0.6 is 0 Å². The molecule has 138 valence electrons. The maximum absolute atomic E-state index is 9.18. The standard InChI is InChI=1S/C21H43NO/c1-21(23)19-17-15-13-11-9-7-5-3-2-4-6-8-10-12-14-16-18-20-22/h2,4,21,23H,3,5-20,22H2,1H3/b4-2-. The van der Waals surface area contributed by atoms with E-state index in [4.69, 9.17) is 5.73 Å². The molecular formula is C21H43NO. The van der Waals surface area contributed by atoms with Crippen molar-refractivity contribution < 1.29 is 5.11 Å². The summed E-state index contributed by atoms with van der Waals surface area (Å²) >= 11 is 0. The average molecular weight is 326 g/mol. The van der Waals surface area contributed by atoms with E-state index in [0.717, 1.165) is 13.0 Å². The Hall–Kier alpha value is -0.340. The Kier molecular flexibility index (Phi) is 19.4. The summed E-state index contributed by atoms with van der Waals surface area (Å²) in [6.45, 7) is 2.74. The molecule has 0 fully saturated rings. The molecule has 3 N–H and O–H groups in total. The Morgan fingerprint density at radius 2 is 1.04 bits per heavy atom. The first-order valence-electron chi connectivity index (χ1n) is 10.3. The van der Waals surface area contributed by atoms with E-state index in [9.17, 15) is 5.11 Å². The van der Waals surface area contributed by atoms with Gasteiger partial charge in [-0.25, -0.2) is 0 Å². The van der Waals surface area contributed by atoms with Gasteiger partial charge in [0.2, 0.25) is 0 Å². The van der Waals surface area contributed by atoms with E-state index in [0.29, 0.717) is 0 Å². The fraction of sp³-hybridized carbons (Fsp3) is 0.905. The molecule has 0 saturated carbocycles. The van der Waals surface area contributed by atoms with Crippen molar-refractivity contribution in [2.75, 3.05) is 6.54 Å². The van der Waals surface area contributed by atoms with E-state index in [1.54, 1.807) is 0 Å². The van der Waals surface area contributed by atoms with E-state index >= 15 is 0 Å². The zero-order chi connectivity index (χ0) is 17.0. The van der Waals surface area contributed by atoms with Crippen molar-refractivity contribution >= 4 is 0 Å². The van der Waals surface area contributed by atoms with Crippen molar-refractivity contribution in [2.45, 2.75) is 116 Å². The van der Waals surface area contributed by atoms with Gasteiger partial charge in [-0.2, -0.15) is 0 Å². The first kappa shape index (κ1) is 22.7. The van der Waals surface area contributed by atoms with Crippen molar-refractivity contribution in [1.82, 2.24) is 0 Å². The number of hydrogen-bond donors (Lipinski definition) is 2. The smallest absolute Gasteiger partial charge is 0.0512 e. The van der Waals surface area contributed by atoms with Crippen molar-refractivity contribution in [3.05, 3.63) is 12.2 Å². The second kappa shape index (κ2) is 19.7. The highest BCUT2D eigenvalue weighted by Crippen LogP contribution is 2.11. The highest BCUT2D eigenvalue weighted by atomic mass is 16.3. The van der Waals surface area contributed by atoms with Gasteiger partial charge in [0.15, 0.2) is 0 Å². The first-order valence-corrected chi connectivity index (χ1v) is 10.3. The second-order valence-corrected chi connectivity index (χ2v) is 7.07. The molecule has 0 heterocycles. The van der Waals surface area contributed by atoms with Crippen molar-refractivity contribution in [2.24, 2.45) is 5.73 Å². The van der Waals surface area contributed by atoms with Gasteiger partial charge in [-0.05, 0) is 52.0 Å². The number of hydrogen-bond acceptors (Lipinski definition) is 2. The van der Waals surface area contributed by atoms with Crippen LogP contribution in [-0.2, 0) is 0 Å². The first-order chi connectivity index (χ1) is 11.3. The van der Waals surface area contributed by atoms with E-state index < -0.39 is 0 Å². The zero-order valence-corrected chi connectivity index (χ0v) is 15.8. The summed E-state index contributed by atoms with van der Waals surface area (Å²) in [6.07, 6.45) is 25.4. The highest BCUT2D eigenvalue weighted by molar-refractivity contribution is 4.81. The van der Waals surface area contributed by atoms with Gasteiger partial charge in [-0.1, -0.05) is 76.4 Å². The Bertz CT molecular complexity index is 238. The molecule has 0 rings (SSSR count). The molecule has 0 aliphatic rings. The minimum atomic E-state index is -0.113. The van der Waals surface area contributed by atoms with Crippen LogP contribution in [0.1, 0.15) is 110 Å². The molecule has 0 bridgehead atoms. The Balaban J connectivity index is 3.06. The highest BCUT2D eigenvalue weighted by Gasteiger charge is 1.95. The molecule has 0 aliphatic heterocycles. The molecule has 1 atom stereocenters. The van der Waals surface area contributed by atoms with Crippen LogP contribution in [-0.4, -0.2) is 17.8 Å². The lowest BCUT2D eigenvalue weighted by Crippen LogP contribution is -1.98. The molecule has 23 heavy (non-hydrogen) atoms. The van der Waals surface area contributed by atoms with Gasteiger partial charge in [-0.15, -0.1) is 0 Å². The lowest BCUT2D eigenvalue weighted by Gasteiger charge is -2.03. The summed E-state index contributed by atoms with van der Waals surface area (Å²) < 4.78 is 0. The summed E-state index contributed by atoms with van der Waals surface area (Å²) in [5.74, 6) is 0. The molecular weight excluding hydrogens is 282 g/mol. The van der Waals surface area contributed by atoms with Gasteiger partial charge in [0.1, 0.15) is 0 Å². The third-order valence-electron chi connectivity index (χ3n) is 4.48. The zero-order valence-electron chi connectivity index (χ0n) is 15.8. The topological polar surface area (TPSA) is 46.2 Å². The molecule has 0 aromatic heterocycles. The van der Waals surface area contributed by atoms with E-state index in [1.807, 2.05) is 6.92 Å². The lowest BCUT2D eigenvalue weighted by molar-refractivity contribution is 0.180. The van der Waals surface area contributed by atoms with Crippen molar-refractivity contribution in [3.63, 3.8) is 0 Å². The predicted octanol–water partition coefficient (Wildman–Crippen LogP) is 6.12. The number of aliphatic hydroxyl groups is 1. The SMILES string of the molecule is CC(O)CCCCCCCCC/C=C\CCCCCCCCN. The van der Waals surface area contributed by atoms with Crippen LogP contribution in [0.3, 0.4) is 0 Å². The molecule has 0 amide bonds. The number of aliphatic hydroxyl groups excluding tert-OH is 1. The lowest BCUT2D eigenvalue weighted by atomic mass is 10.1. The number of rotatable bonds is 18. The predicted molar refractivity (Wildman–Crippen MR) is 104 cm³/mol. The van der Waals surface area contributed by atoms with Crippen LogP contribution in [0.15, 0.2) is 12.2 Å². The van der Waals surface area contributed by atoms with Gasteiger partial charge in [0.05, 0.1) is 6.10 Å². The summed E-state index contributed by atoms with van der Waals surface area (Å²) in [7, 11) is 0. The van der Waals surface area contributed by atoms with Crippen LogP contribution in [0, 0.1) is 0 Å². The normalized spacial score (nSPS) is 13.0. The molecule has 0 aliphatic carbocycles. The maximum atomic E-state index is 9.18. The Morgan fingerprint density at radius 1 is 0.652 bits per heavy atom. The summed E-state index contributed by atoms with van der Waals surface area (Å²) in [4.78, 5) is 0. The largest absolute Gasteiger partial charge is 0.393 e. The third-order valence-corrected chi connectivity index (χ3v) is 4.48. The van der Waals surface area contributed by atoms with Gasteiger partial charge in [0.25, 0.3) is 0 Å². The van der Waals surface area contributed by atoms with Gasteiger partial charge < -0.3 is 10.8 Å². The van der Waals surface area contributed by atoms with Crippen LogP contribution in [0.25, 0.3) is 0 Å². The van der Waals surface area contributed by atoms with Crippen LogP contribution in [0.4, 0.5) is 0 Å². The number of nitrogens with two attached hydrogens (primary N) is 1. The summed E-state index contributed by atoms with van der Waals surface area (Å²) in [5.41, 5.74) is 5.49. The monoisotopic (exact) mass is 325 g/mol. The third kappa shape index (κ3) is 21.7. The van der Waals surface area contributed by atoms with Gasteiger partial charge in [0, 0.05) is 0 Å². The minimum Gasteiger partial charge on any atom is -0.393 e. The van der Waals surface area contributed by atoms with Crippen molar-refractivity contribution in [1.29, 1.82) is 0 Å². The van der Waals surface area contributed by atoms with Crippen LogP contribution in [0.5, 0.6) is 0 Å². The second-order valence-electron chi connectivity index (χ2n) is 7.07. The Labute approximate surface area is 145 Å². The Morgan fingerprint density at radius 3 is 1.48 bits per heavy atom. The quantitative estimate of drug-likeness (QED) is 0.235. The molecule has 2 heteroatoms. The molecule has 1 unspecified atom stereocenters. The van der Waals surface area contributed by atoms with E-state index in [2.05, 4.69) is 12.2 Å². The summed E-state index contributed by atoms with van der Waals surface area (Å²) in [6, 6.07) is 0. The minimum absolute atomic E-state index is 0.113. The van der Waals surface area contributed by atoms with E-state index in [1.165, 1.54) is 96.3 Å². The van der Waals surface area contributed by atoms with Gasteiger partial charge in [-0.3, -0.25) is 0 Å². The molecule has 0 radical (unpaired) electrons. The fourth-order valence-corrected chi connectivity index (χ4v) is 2.94. The van der Waals surface area contributed by atoms with Gasteiger partial charge >= 0.3 is 0 Å². The van der Waals surface area contributed by atoms with Crippen LogP contribution in [0.2, 0.25) is 0 Å². The van der Waals surface area contributed by atoms with Crippen LogP contribution < -0.4 is 5.73 Å². The summed E-state index contributed by atoms with van der Waals surface area (Å²) in [5, 5.41) is 9.18. The average Bonchev–Trinajstić information content (AvgIpc) is 2.53. The van der Waals surface area contributed by atoms with E-state index in [-0.39, 0.29) is 6.10 Å². The number of allylic oxidation sites excluding steroid dienone is 2. The molecule has 0 aromatic rings. The molecule has 0 spiro atoms. The van der Waals surface area contributed by atoms with Crippen molar-refractivity contribution in [3.8, 4) is 0 Å². The fourth-order valence-electron chi connectivity index (χ4n) is 2.94.